The van der Waals surface area contributed by atoms with Crippen LogP contribution in [0.25, 0.3) is 15.5 Å². The van der Waals surface area contributed by atoms with Gasteiger partial charge in [-0.1, -0.05) is 48.6 Å². The zero-order valence-electron chi connectivity index (χ0n) is 14.2. The van der Waals surface area contributed by atoms with E-state index in [0.717, 1.165) is 34.8 Å². The van der Waals surface area contributed by atoms with Gasteiger partial charge in [0.25, 0.3) is 5.56 Å². The van der Waals surface area contributed by atoms with Gasteiger partial charge in [0.1, 0.15) is 5.01 Å². The maximum absolute atomic E-state index is 12.0. The summed E-state index contributed by atoms with van der Waals surface area (Å²) in [5, 5.41) is 11.4. The van der Waals surface area contributed by atoms with Crippen molar-refractivity contribution in [3.8, 4) is 10.6 Å². The van der Waals surface area contributed by atoms with Crippen LogP contribution in [-0.2, 0) is 12.8 Å². The van der Waals surface area contributed by atoms with Gasteiger partial charge in [-0.05, 0) is 6.42 Å². The van der Waals surface area contributed by atoms with E-state index in [4.69, 9.17) is 0 Å². The van der Waals surface area contributed by atoms with Crippen LogP contribution in [0.1, 0.15) is 18.3 Å². The molecule has 0 radical (unpaired) electrons. The van der Waals surface area contributed by atoms with E-state index in [0.29, 0.717) is 16.6 Å². The number of benzene rings is 1. The standard InChI is InChI=1S/C18H17N5OS2/c1-2-13-10-15(24)23-18(21-13)26-17(22-23)19-9-8-14-11-25-16(20-14)12-6-4-3-5-7-12/h3-7,10-11H,2,8-9H2,1H3,(H,19,22). The van der Waals surface area contributed by atoms with Gasteiger partial charge in [0, 0.05) is 35.7 Å². The minimum absolute atomic E-state index is 0.136. The molecular weight excluding hydrogens is 366 g/mol. The van der Waals surface area contributed by atoms with Gasteiger partial charge in [-0.25, -0.2) is 9.97 Å². The van der Waals surface area contributed by atoms with Crippen LogP contribution < -0.4 is 10.9 Å². The molecule has 26 heavy (non-hydrogen) atoms. The Kier molecular flexibility index (Phi) is 4.77. The van der Waals surface area contributed by atoms with Gasteiger partial charge in [-0.15, -0.1) is 16.4 Å². The first-order valence-electron chi connectivity index (χ1n) is 8.36. The number of thiazole rings is 1. The lowest BCUT2D eigenvalue weighted by molar-refractivity contribution is 0.870. The van der Waals surface area contributed by atoms with Gasteiger partial charge < -0.3 is 5.32 Å². The van der Waals surface area contributed by atoms with Crippen LogP contribution in [0, 0.1) is 0 Å². The molecule has 0 bridgehead atoms. The fraction of sp³-hybridized carbons (Fsp3) is 0.222. The molecular formula is C18H17N5OS2. The fourth-order valence-corrected chi connectivity index (χ4v) is 4.25. The predicted molar refractivity (Wildman–Crippen MR) is 106 cm³/mol. The third-order valence-corrected chi connectivity index (χ3v) is 5.70. The highest BCUT2D eigenvalue weighted by Gasteiger charge is 2.09. The van der Waals surface area contributed by atoms with Crippen LogP contribution in [0.3, 0.4) is 0 Å². The number of anilines is 1. The Morgan fingerprint density at radius 2 is 2.00 bits per heavy atom. The monoisotopic (exact) mass is 383 g/mol. The van der Waals surface area contributed by atoms with E-state index in [9.17, 15) is 4.79 Å². The van der Waals surface area contributed by atoms with Gasteiger partial charge in [0.2, 0.25) is 10.1 Å². The molecule has 0 fully saturated rings. The van der Waals surface area contributed by atoms with Crippen molar-refractivity contribution in [3.63, 3.8) is 0 Å². The average Bonchev–Trinajstić information content (AvgIpc) is 3.29. The van der Waals surface area contributed by atoms with Crippen LogP contribution in [0.5, 0.6) is 0 Å². The molecule has 0 aliphatic rings. The summed E-state index contributed by atoms with van der Waals surface area (Å²) in [6.07, 6.45) is 1.53. The van der Waals surface area contributed by atoms with Crippen molar-refractivity contribution >= 4 is 32.8 Å². The molecule has 1 N–H and O–H groups in total. The average molecular weight is 384 g/mol. The minimum Gasteiger partial charge on any atom is -0.360 e. The third kappa shape index (κ3) is 3.51. The van der Waals surface area contributed by atoms with Gasteiger partial charge in [0.05, 0.1) is 5.69 Å². The number of nitrogens with zero attached hydrogens (tertiary/aromatic N) is 4. The van der Waals surface area contributed by atoms with E-state index in [-0.39, 0.29) is 5.56 Å². The van der Waals surface area contributed by atoms with E-state index in [1.165, 1.54) is 21.9 Å². The summed E-state index contributed by atoms with van der Waals surface area (Å²) in [6, 6.07) is 11.7. The Labute approximate surface area is 158 Å². The van der Waals surface area contributed by atoms with Crippen LogP contribution in [0.4, 0.5) is 5.13 Å². The summed E-state index contributed by atoms with van der Waals surface area (Å²) < 4.78 is 1.35. The van der Waals surface area contributed by atoms with E-state index in [1.54, 1.807) is 11.3 Å². The lowest BCUT2D eigenvalue weighted by Gasteiger charge is -1.99. The molecule has 0 saturated carbocycles. The first-order chi connectivity index (χ1) is 12.7. The molecule has 0 saturated heterocycles. The summed E-state index contributed by atoms with van der Waals surface area (Å²) in [7, 11) is 0. The molecule has 132 valence electrons. The first kappa shape index (κ1) is 16.9. The van der Waals surface area contributed by atoms with Crippen LogP contribution >= 0.6 is 22.7 Å². The molecule has 4 rings (SSSR count). The lowest BCUT2D eigenvalue weighted by atomic mass is 10.2. The number of aromatic nitrogens is 4. The Bertz CT molecular complexity index is 1080. The van der Waals surface area contributed by atoms with Crippen molar-refractivity contribution in [1.29, 1.82) is 0 Å². The minimum atomic E-state index is -0.136. The Morgan fingerprint density at radius 3 is 2.81 bits per heavy atom. The van der Waals surface area contributed by atoms with Crippen molar-refractivity contribution in [3.05, 3.63) is 63.5 Å². The number of fused-ring (bicyclic) bond motifs is 1. The Hall–Kier alpha value is -2.58. The van der Waals surface area contributed by atoms with Crippen LogP contribution in [0.15, 0.2) is 46.6 Å². The molecule has 8 heteroatoms. The normalized spacial score (nSPS) is 11.1. The lowest BCUT2D eigenvalue weighted by Crippen LogP contribution is -2.15. The van der Waals surface area contributed by atoms with Gasteiger partial charge in [-0.3, -0.25) is 4.79 Å². The van der Waals surface area contributed by atoms with Crippen LogP contribution in [-0.4, -0.2) is 26.1 Å². The fourth-order valence-electron chi connectivity index (χ4n) is 2.54. The van der Waals surface area contributed by atoms with Crippen molar-refractivity contribution in [1.82, 2.24) is 19.6 Å². The molecule has 3 heterocycles. The second kappa shape index (κ2) is 7.35. The number of hydrogen-bond donors (Lipinski definition) is 1. The zero-order valence-corrected chi connectivity index (χ0v) is 15.8. The largest absolute Gasteiger partial charge is 0.360 e. The SMILES string of the molecule is CCc1cc(=O)n2nc(NCCc3csc(-c4ccccc4)n3)sc2n1. The first-order valence-corrected chi connectivity index (χ1v) is 10.1. The van der Waals surface area contributed by atoms with E-state index in [2.05, 4.69) is 37.9 Å². The molecule has 1 aromatic carbocycles. The predicted octanol–water partition coefficient (Wildman–Crippen LogP) is 3.49. The quantitative estimate of drug-likeness (QED) is 0.552. The molecule has 3 aromatic heterocycles. The summed E-state index contributed by atoms with van der Waals surface area (Å²) in [5.41, 5.74) is 2.84. The summed E-state index contributed by atoms with van der Waals surface area (Å²) in [6.45, 7) is 2.68. The molecule has 4 aromatic rings. The number of rotatable bonds is 6. The molecule has 0 unspecified atom stereocenters. The van der Waals surface area contributed by atoms with Crippen LogP contribution in [0.2, 0.25) is 0 Å². The maximum Gasteiger partial charge on any atom is 0.275 e. The Balaban J connectivity index is 1.42. The van der Waals surface area contributed by atoms with Crippen molar-refractivity contribution < 1.29 is 0 Å². The van der Waals surface area contributed by atoms with E-state index < -0.39 is 0 Å². The molecule has 0 amide bonds. The molecule has 0 atom stereocenters. The van der Waals surface area contributed by atoms with Gasteiger partial charge in [-0.2, -0.15) is 4.52 Å². The third-order valence-electron chi connectivity index (χ3n) is 3.89. The van der Waals surface area contributed by atoms with E-state index >= 15 is 0 Å². The summed E-state index contributed by atoms with van der Waals surface area (Å²) >= 11 is 3.04. The van der Waals surface area contributed by atoms with Crippen molar-refractivity contribution in [2.45, 2.75) is 19.8 Å². The highest BCUT2D eigenvalue weighted by molar-refractivity contribution is 7.20. The number of aryl methyl sites for hydroxylation is 1. The summed E-state index contributed by atoms with van der Waals surface area (Å²) in [4.78, 5) is 21.8. The zero-order chi connectivity index (χ0) is 17.9. The second-order valence-electron chi connectivity index (χ2n) is 5.73. The number of nitrogens with one attached hydrogen (secondary N) is 1. The highest BCUT2D eigenvalue weighted by atomic mass is 32.1. The molecule has 6 nitrogen and oxygen atoms in total. The van der Waals surface area contributed by atoms with Crippen molar-refractivity contribution in [2.24, 2.45) is 0 Å². The Morgan fingerprint density at radius 1 is 1.15 bits per heavy atom. The molecule has 0 aliphatic carbocycles. The highest BCUT2D eigenvalue weighted by Crippen LogP contribution is 2.23. The number of hydrogen-bond acceptors (Lipinski definition) is 7. The van der Waals surface area contributed by atoms with Gasteiger partial charge >= 0.3 is 0 Å². The van der Waals surface area contributed by atoms with Crippen molar-refractivity contribution in [2.75, 3.05) is 11.9 Å². The topological polar surface area (TPSA) is 72.2 Å². The smallest absolute Gasteiger partial charge is 0.275 e. The summed E-state index contributed by atoms with van der Waals surface area (Å²) in [5.74, 6) is 0. The molecule has 0 spiro atoms. The van der Waals surface area contributed by atoms with E-state index in [1.807, 2.05) is 25.1 Å². The maximum atomic E-state index is 12.0. The molecule has 0 aliphatic heterocycles. The van der Waals surface area contributed by atoms with Gasteiger partial charge in [0.15, 0.2) is 0 Å². The second-order valence-corrected chi connectivity index (χ2v) is 7.54.